The molecule has 4 nitrogen and oxygen atoms in total. The van der Waals surface area contributed by atoms with Gasteiger partial charge < -0.3 is 10.1 Å². The summed E-state index contributed by atoms with van der Waals surface area (Å²) < 4.78 is 5.08. The van der Waals surface area contributed by atoms with Crippen molar-refractivity contribution in [3.05, 3.63) is 24.4 Å². The number of nitrogens with zero attached hydrogens (tertiary/aromatic N) is 1. The van der Waals surface area contributed by atoms with Crippen molar-refractivity contribution in [1.29, 1.82) is 0 Å². The first kappa shape index (κ1) is 16.0. The van der Waals surface area contributed by atoms with E-state index in [1.54, 1.807) is 18.0 Å². The lowest BCUT2D eigenvalue weighted by atomic mass is 10.2. The number of hydrogen-bond donors (Lipinski definition) is 1. The van der Waals surface area contributed by atoms with Crippen molar-refractivity contribution in [2.45, 2.75) is 44.3 Å². The maximum atomic E-state index is 11.8. The Kier molecular flexibility index (Phi) is 7.52. The van der Waals surface area contributed by atoms with Crippen molar-refractivity contribution in [3.8, 4) is 0 Å². The Balaban J connectivity index is 2.42. The molecule has 0 spiro atoms. The molecule has 0 aliphatic rings. The fraction of sp³-hybridized carbons (Fsp3) is 0.571. The molecule has 1 unspecified atom stereocenters. The van der Waals surface area contributed by atoms with E-state index in [4.69, 9.17) is 4.74 Å². The number of carbonyl (C=O) groups excluding carboxylic acids is 1. The zero-order chi connectivity index (χ0) is 14.1. The van der Waals surface area contributed by atoms with Gasteiger partial charge in [0.25, 0.3) is 0 Å². The van der Waals surface area contributed by atoms with Crippen LogP contribution in [0.15, 0.2) is 29.4 Å². The van der Waals surface area contributed by atoms with Crippen LogP contribution in [0.25, 0.3) is 0 Å². The van der Waals surface area contributed by atoms with Gasteiger partial charge in [-0.05, 0) is 25.5 Å². The summed E-state index contributed by atoms with van der Waals surface area (Å²) in [5.74, 6) is 0.665. The van der Waals surface area contributed by atoms with Gasteiger partial charge in [-0.2, -0.15) is 0 Å². The number of esters is 1. The fourth-order valence-electron chi connectivity index (χ4n) is 1.63. The van der Waals surface area contributed by atoms with Crippen LogP contribution in [-0.4, -0.2) is 35.4 Å². The first-order valence-electron chi connectivity index (χ1n) is 6.60. The highest BCUT2D eigenvalue weighted by Gasteiger charge is 2.19. The zero-order valence-electron chi connectivity index (χ0n) is 11.8. The Morgan fingerprint density at radius 2 is 2.26 bits per heavy atom. The van der Waals surface area contributed by atoms with Gasteiger partial charge in [-0.1, -0.05) is 19.9 Å². The van der Waals surface area contributed by atoms with Crippen molar-refractivity contribution < 1.29 is 9.53 Å². The minimum absolute atomic E-state index is 0.169. The van der Waals surface area contributed by atoms with Gasteiger partial charge in [0.05, 0.1) is 11.6 Å². The van der Waals surface area contributed by atoms with Crippen molar-refractivity contribution in [3.63, 3.8) is 0 Å². The molecule has 1 rings (SSSR count). The number of thioether (sulfide) groups is 1. The van der Waals surface area contributed by atoms with Crippen LogP contribution in [-0.2, 0) is 9.53 Å². The molecule has 0 amide bonds. The molecule has 5 heteroatoms. The number of nitrogens with one attached hydrogen (secondary N) is 1. The topological polar surface area (TPSA) is 51.2 Å². The van der Waals surface area contributed by atoms with E-state index >= 15 is 0 Å². The second-order valence-electron chi connectivity index (χ2n) is 4.43. The minimum atomic E-state index is -0.240. The van der Waals surface area contributed by atoms with Gasteiger partial charge >= 0.3 is 5.97 Å². The second-order valence-corrected chi connectivity index (χ2v) is 5.55. The molecule has 1 aromatic rings. The summed E-state index contributed by atoms with van der Waals surface area (Å²) in [5, 5.41) is 4.22. The molecule has 0 fully saturated rings. The van der Waals surface area contributed by atoms with Gasteiger partial charge in [-0.15, -0.1) is 11.8 Å². The molecule has 0 saturated heterocycles. The number of hydrogen-bond acceptors (Lipinski definition) is 5. The van der Waals surface area contributed by atoms with Gasteiger partial charge in [-0.25, -0.2) is 4.98 Å². The van der Waals surface area contributed by atoms with Crippen molar-refractivity contribution >= 4 is 17.7 Å². The molecule has 106 valence electrons. The van der Waals surface area contributed by atoms with Gasteiger partial charge in [0, 0.05) is 18.0 Å². The van der Waals surface area contributed by atoms with Crippen LogP contribution in [0.1, 0.15) is 27.2 Å². The highest BCUT2D eigenvalue weighted by Crippen LogP contribution is 2.16. The van der Waals surface area contributed by atoms with Crippen molar-refractivity contribution in [2.75, 3.05) is 12.4 Å². The average Bonchev–Trinajstić information content (AvgIpc) is 2.38. The number of aromatic nitrogens is 1. The SMILES string of the molecule is CCOC(=O)C(CCSc1ccccn1)NC(C)C. The standard InChI is InChI=1S/C14H22N2O2S/c1-4-18-14(17)12(16-11(2)3)8-10-19-13-7-5-6-9-15-13/h5-7,9,11-12,16H,4,8,10H2,1-3H3. The third kappa shape index (κ3) is 6.59. The number of pyridine rings is 1. The third-order valence-corrected chi connectivity index (χ3v) is 3.38. The Labute approximate surface area is 119 Å². The Morgan fingerprint density at radius 3 is 2.84 bits per heavy atom. The van der Waals surface area contributed by atoms with Crippen molar-refractivity contribution in [2.24, 2.45) is 0 Å². The predicted molar refractivity (Wildman–Crippen MR) is 78.3 cm³/mol. The molecule has 1 aromatic heterocycles. The highest BCUT2D eigenvalue weighted by atomic mass is 32.2. The smallest absolute Gasteiger partial charge is 0.323 e. The lowest BCUT2D eigenvalue weighted by molar-refractivity contribution is -0.145. The Bertz CT molecular complexity index is 371. The van der Waals surface area contributed by atoms with E-state index in [0.717, 1.165) is 17.2 Å². The molecule has 0 aliphatic heterocycles. The van der Waals surface area contributed by atoms with Crippen molar-refractivity contribution in [1.82, 2.24) is 10.3 Å². The number of rotatable bonds is 8. The first-order valence-corrected chi connectivity index (χ1v) is 7.58. The summed E-state index contributed by atoms with van der Waals surface area (Å²) in [6, 6.07) is 5.85. The first-order chi connectivity index (χ1) is 9.13. The quantitative estimate of drug-likeness (QED) is 0.586. The molecule has 0 aromatic carbocycles. The van der Waals surface area contributed by atoms with E-state index in [0.29, 0.717) is 6.61 Å². The maximum Gasteiger partial charge on any atom is 0.323 e. The molecule has 0 bridgehead atoms. The van der Waals surface area contributed by atoms with Gasteiger partial charge in [0.15, 0.2) is 0 Å². The lowest BCUT2D eigenvalue weighted by Crippen LogP contribution is -2.42. The van der Waals surface area contributed by atoms with Crippen LogP contribution >= 0.6 is 11.8 Å². The maximum absolute atomic E-state index is 11.8. The van der Waals surface area contributed by atoms with Gasteiger partial charge in [0.1, 0.15) is 6.04 Å². The summed E-state index contributed by atoms with van der Waals surface area (Å²) in [6.07, 6.45) is 2.51. The van der Waals surface area contributed by atoms with Gasteiger partial charge in [0.2, 0.25) is 0 Å². The molecule has 19 heavy (non-hydrogen) atoms. The van der Waals surface area contributed by atoms with Gasteiger partial charge in [-0.3, -0.25) is 4.79 Å². The molecule has 0 saturated carbocycles. The Hall–Kier alpha value is -1.07. The van der Waals surface area contributed by atoms with Crippen LogP contribution < -0.4 is 5.32 Å². The van der Waals surface area contributed by atoms with E-state index in [9.17, 15) is 4.79 Å². The minimum Gasteiger partial charge on any atom is -0.465 e. The summed E-state index contributed by atoms with van der Waals surface area (Å²) in [4.78, 5) is 16.1. The molecule has 1 N–H and O–H groups in total. The largest absolute Gasteiger partial charge is 0.465 e. The van der Waals surface area contributed by atoms with Crippen LogP contribution in [0.5, 0.6) is 0 Å². The van der Waals surface area contributed by atoms with Crippen LogP contribution in [0.2, 0.25) is 0 Å². The number of carbonyl (C=O) groups is 1. The van der Waals surface area contributed by atoms with E-state index in [1.165, 1.54) is 0 Å². The fourth-order valence-corrected chi connectivity index (χ4v) is 2.50. The van der Waals surface area contributed by atoms with E-state index < -0.39 is 0 Å². The average molecular weight is 282 g/mol. The third-order valence-electron chi connectivity index (χ3n) is 2.40. The molecular formula is C14H22N2O2S. The molecular weight excluding hydrogens is 260 g/mol. The summed E-state index contributed by atoms with van der Waals surface area (Å²) in [5.41, 5.74) is 0. The normalized spacial score (nSPS) is 12.4. The second kappa shape index (κ2) is 8.93. The van der Waals surface area contributed by atoms with E-state index in [2.05, 4.69) is 10.3 Å². The molecule has 0 aliphatic carbocycles. The summed E-state index contributed by atoms with van der Waals surface area (Å²) >= 11 is 1.65. The van der Waals surface area contributed by atoms with Crippen LogP contribution in [0.4, 0.5) is 0 Å². The van der Waals surface area contributed by atoms with E-state index in [-0.39, 0.29) is 18.1 Å². The zero-order valence-corrected chi connectivity index (χ0v) is 12.6. The highest BCUT2D eigenvalue weighted by molar-refractivity contribution is 7.99. The van der Waals surface area contributed by atoms with E-state index in [1.807, 2.05) is 39.0 Å². The molecule has 1 atom stereocenters. The lowest BCUT2D eigenvalue weighted by Gasteiger charge is -2.19. The summed E-state index contributed by atoms with van der Waals surface area (Å²) in [7, 11) is 0. The Morgan fingerprint density at radius 1 is 1.47 bits per heavy atom. The molecule has 1 heterocycles. The predicted octanol–water partition coefficient (Wildman–Crippen LogP) is 2.49. The van der Waals surface area contributed by atoms with Crippen LogP contribution in [0, 0.1) is 0 Å². The van der Waals surface area contributed by atoms with Crippen LogP contribution in [0.3, 0.4) is 0 Å². The molecule has 0 radical (unpaired) electrons. The monoisotopic (exact) mass is 282 g/mol. The summed E-state index contributed by atoms with van der Waals surface area (Å²) in [6.45, 7) is 6.30. The number of ether oxygens (including phenoxy) is 1.